The van der Waals surface area contributed by atoms with E-state index in [1.54, 1.807) is 4.90 Å². The van der Waals surface area contributed by atoms with Gasteiger partial charge in [0.15, 0.2) is 0 Å². The van der Waals surface area contributed by atoms with E-state index in [2.05, 4.69) is 12.2 Å². The SMILES string of the molecule is CCCC1CCN(C(=O)NC(CCO)C(=O)O)CC1. The van der Waals surface area contributed by atoms with Gasteiger partial charge in [0.2, 0.25) is 0 Å². The van der Waals surface area contributed by atoms with E-state index >= 15 is 0 Å². The number of rotatable bonds is 6. The van der Waals surface area contributed by atoms with Gasteiger partial charge < -0.3 is 20.4 Å². The molecule has 6 heteroatoms. The first-order valence-corrected chi connectivity index (χ1v) is 6.97. The van der Waals surface area contributed by atoms with E-state index in [1.807, 2.05) is 0 Å². The number of carboxylic acids is 1. The molecule has 1 aliphatic rings. The molecular formula is C13H24N2O4. The molecule has 1 saturated heterocycles. The quantitative estimate of drug-likeness (QED) is 0.674. The number of aliphatic hydroxyl groups is 1. The maximum Gasteiger partial charge on any atom is 0.326 e. The minimum Gasteiger partial charge on any atom is -0.480 e. The Balaban J connectivity index is 2.39. The Morgan fingerprint density at radius 2 is 2.00 bits per heavy atom. The number of nitrogens with one attached hydrogen (secondary N) is 1. The summed E-state index contributed by atoms with van der Waals surface area (Å²) in [4.78, 5) is 24.5. The fourth-order valence-corrected chi connectivity index (χ4v) is 2.46. The van der Waals surface area contributed by atoms with Crippen LogP contribution in [0.4, 0.5) is 4.79 Å². The number of urea groups is 1. The Bertz CT molecular complexity index is 301. The average Bonchev–Trinajstić information content (AvgIpc) is 2.39. The summed E-state index contributed by atoms with van der Waals surface area (Å²) in [6, 6.07) is -1.35. The first-order chi connectivity index (χ1) is 9.08. The van der Waals surface area contributed by atoms with Crippen molar-refractivity contribution < 1.29 is 19.8 Å². The second-order valence-corrected chi connectivity index (χ2v) is 5.07. The third-order valence-electron chi connectivity index (χ3n) is 3.61. The van der Waals surface area contributed by atoms with Crippen molar-refractivity contribution in [3.8, 4) is 0 Å². The molecular weight excluding hydrogens is 248 g/mol. The fraction of sp³-hybridized carbons (Fsp3) is 0.846. The van der Waals surface area contributed by atoms with Crippen molar-refractivity contribution in [3.63, 3.8) is 0 Å². The van der Waals surface area contributed by atoms with Gasteiger partial charge in [-0.25, -0.2) is 9.59 Å². The second-order valence-electron chi connectivity index (χ2n) is 5.07. The van der Waals surface area contributed by atoms with E-state index in [4.69, 9.17) is 10.2 Å². The number of piperidine rings is 1. The molecule has 0 aliphatic carbocycles. The van der Waals surface area contributed by atoms with Gasteiger partial charge in [-0.15, -0.1) is 0 Å². The minimum atomic E-state index is -1.11. The van der Waals surface area contributed by atoms with Crippen LogP contribution in [0.25, 0.3) is 0 Å². The molecule has 1 fully saturated rings. The Labute approximate surface area is 113 Å². The molecule has 1 heterocycles. The molecule has 19 heavy (non-hydrogen) atoms. The Kier molecular flexibility index (Phi) is 6.62. The summed E-state index contributed by atoms with van der Waals surface area (Å²) in [6.07, 6.45) is 4.36. The van der Waals surface area contributed by atoms with E-state index in [-0.39, 0.29) is 19.1 Å². The summed E-state index contributed by atoms with van der Waals surface area (Å²) in [5, 5.41) is 20.2. The summed E-state index contributed by atoms with van der Waals surface area (Å²) in [5.74, 6) is -0.426. The van der Waals surface area contributed by atoms with Gasteiger partial charge in [-0.3, -0.25) is 0 Å². The van der Waals surface area contributed by atoms with Crippen molar-refractivity contribution in [2.24, 2.45) is 5.92 Å². The lowest BCUT2D eigenvalue weighted by atomic mass is 9.93. The smallest absolute Gasteiger partial charge is 0.326 e. The van der Waals surface area contributed by atoms with Crippen molar-refractivity contribution in [2.45, 2.75) is 45.1 Å². The topological polar surface area (TPSA) is 89.9 Å². The van der Waals surface area contributed by atoms with Crippen LogP contribution in [0.5, 0.6) is 0 Å². The zero-order chi connectivity index (χ0) is 14.3. The number of carboxylic acid groups (broad SMARTS) is 1. The number of likely N-dealkylation sites (tertiary alicyclic amines) is 1. The van der Waals surface area contributed by atoms with Crippen LogP contribution in [0.15, 0.2) is 0 Å². The fourth-order valence-electron chi connectivity index (χ4n) is 2.46. The number of amides is 2. The molecule has 0 bridgehead atoms. The van der Waals surface area contributed by atoms with E-state index in [0.717, 1.165) is 19.3 Å². The van der Waals surface area contributed by atoms with E-state index in [1.165, 1.54) is 6.42 Å². The van der Waals surface area contributed by atoms with Gasteiger partial charge in [0.1, 0.15) is 6.04 Å². The van der Waals surface area contributed by atoms with Crippen molar-refractivity contribution >= 4 is 12.0 Å². The molecule has 0 aromatic heterocycles. The zero-order valence-electron chi connectivity index (χ0n) is 11.5. The summed E-state index contributed by atoms with van der Waals surface area (Å²) >= 11 is 0. The molecule has 1 unspecified atom stereocenters. The Hall–Kier alpha value is -1.30. The van der Waals surface area contributed by atoms with Crippen LogP contribution in [0, 0.1) is 5.92 Å². The van der Waals surface area contributed by atoms with Gasteiger partial charge in [-0.05, 0) is 18.8 Å². The van der Waals surface area contributed by atoms with Crippen LogP contribution in [-0.2, 0) is 4.79 Å². The summed E-state index contributed by atoms with van der Waals surface area (Å²) in [5.41, 5.74) is 0. The highest BCUT2D eigenvalue weighted by molar-refractivity contribution is 5.82. The highest BCUT2D eigenvalue weighted by Crippen LogP contribution is 2.21. The highest BCUT2D eigenvalue weighted by Gasteiger charge is 2.26. The van der Waals surface area contributed by atoms with Gasteiger partial charge in [0.25, 0.3) is 0 Å². The average molecular weight is 272 g/mol. The number of aliphatic hydroxyl groups excluding tert-OH is 1. The van der Waals surface area contributed by atoms with Crippen LogP contribution in [0.3, 0.4) is 0 Å². The summed E-state index contributed by atoms with van der Waals surface area (Å²) < 4.78 is 0. The van der Waals surface area contributed by atoms with Gasteiger partial charge in [-0.1, -0.05) is 19.8 Å². The molecule has 0 spiro atoms. The molecule has 0 saturated carbocycles. The molecule has 0 aromatic rings. The molecule has 0 radical (unpaired) electrons. The van der Waals surface area contributed by atoms with Gasteiger partial charge in [0, 0.05) is 26.1 Å². The molecule has 6 nitrogen and oxygen atoms in total. The molecule has 1 atom stereocenters. The van der Waals surface area contributed by atoms with Crippen molar-refractivity contribution in [3.05, 3.63) is 0 Å². The van der Waals surface area contributed by atoms with Crippen LogP contribution in [0.1, 0.15) is 39.0 Å². The first-order valence-electron chi connectivity index (χ1n) is 6.97. The van der Waals surface area contributed by atoms with Crippen LogP contribution in [-0.4, -0.2) is 52.9 Å². The van der Waals surface area contributed by atoms with Crippen LogP contribution >= 0.6 is 0 Å². The minimum absolute atomic E-state index is 0.0351. The standard InChI is InChI=1S/C13H24N2O4/c1-2-3-10-4-7-15(8-5-10)13(19)14-11(6-9-16)12(17)18/h10-11,16H,2-9H2,1H3,(H,14,19)(H,17,18). The second kappa shape index (κ2) is 7.99. The normalized spacial score (nSPS) is 18.1. The molecule has 3 N–H and O–H groups in total. The van der Waals surface area contributed by atoms with E-state index < -0.39 is 12.0 Å². The van der Waals surface area contributed by atoms with Gasteiger partial charge >= 0.3 is 12.0 Å². The third kappa shape index (κ3) is 5.06. The van der Waals surface area contributed by atoms with Gasteiger partial charge in [-0.2, -0.15) is 0 Å². The number of hydrogen-bond acceptors (Lipinski definition) is 3. The number of nitrogens with zero attached hydrogens (tertiary/aromatic N) is 1. The van der Waals surface area contributed by atoms with Crippen LogP contribution in [0.2, 0.25) is 0 Å². The lowest BCUT2D eigenvalue weighted by molar-refractivity contribution is -0.139. The maximum atomic E-state index is 11.9. The highest BCUT2D eigenvalue weighted by atomic mass is 16.4. The van der Waals surface area contributed by atoms with E-state index in [9.17, 15) is 9.59 Å². The molecule has 110 valence electrons. The molecule has 2 amide bonds. The first kappa shape index (κ1) is 15.8. The molecule has 1 aliphatic heterocycles. The third-order valence-corrected chi connectivity index (χ3v) is 3.61. The Morgan fingerprint density at radius 1 is 1.37 bits per heavy atom. The van der Waals surface area contributed by atoms with E-state index in [0.29, 0.717) is 19.0 Å². The number of hydrogen-bond donors (Lipinski definition) is 3. The lowest BCUT2D eigenvalue weighted by Gasteiger charge is -2.32. The Morgan fingerprint density at radius 3 is 2.47 bits per heavy atom. The number of carbonyl (C=O) groups excluding carboxylic acids is 1. The number of carbonyl (C=O) groups is 2. The van der Waals surface area contributed by atoms with Gasteiger partial charge in [0.05, 0.1) is 0 Å². The predicted octanol–water partition coefficient (Wildman–Crippen LogP) is 1.04. The number of aliphatic carboxylic acids is 1. The maximum absolute atomic E-state index is 11.9. The summed E-state index contributed by atoms with van der Waals surface area (Å²) in [7, 11) is 0. The van der Waals surface area contributed by atoms with Crippen LogP contribution < -0.4 is 5.32 Å². The lowest BCUT2D eigenvalue weighted by Crippen LogP contribution is -2.50. The monoisotopic (exact) mass is 272 g/mol. The largest absolute Gasteiger partial charge is 0.480 e. The zero-order valence-corrected chi connectivity index (χ0v) is 11.5. The van der Waals surface area contributed by atoms with Crippen molar-refractivity contribution in [1.29, 1.82) is 0 Å². The predicted molar refractivity (Wildman–Crippen MR) is 70.9 cm³/mol. The molecule has 0 aromatic carbocycles. The summed E-state index contributed by atoms with van der Waals surface area (Å²) in [6.45, 7) is 3.27. The molecule has 1 rings (SSSR count). The van der Waals surface area contributed by atoms with Crippen molar-refractivity contribution in [1.82, 2.24) is 10.2 Å². The van der Waals surface area contributed by atoms with Crippen molar-refractivity contribution in [2.75, 3.05) is 19.7 Å².